The van der Waals surface area contributed by atoms with E-state index in [-0.39, 0.29) is 18.4 Å². The highest BCUT2D eigenvalue weighted by Gasteiger charge is 2.30. The summed E-state index contributed by atoms with van der Waals surface area (Å²) in [5, 5.41) is 5.05. The highest BCUT2D eigenvalue weighted by molar-refractivity contribution is 5.90. The molecule has 0 fully saturated rings. The summed E-state index contributed by atoms with van der Waals surface area (Å²) in [5.41, 5.74) is 1.96. The Labute approximate surface area is 219 Å². The molecule has 1 N–H and O–H groups in total. The van der Waals surface area contributed by atoms with E-state index in [1.807, 2.05) is 103 Å². The van der Waals surface area contributed by atoms with Gasteiger partial charge in [0.1, 0.15) is 11.8 Å². The van der Waals surface area contributed by atoms with E-state index in [1.165, 1.54) is 0 Å². The van der Waals surface area contributed by atoms with Crippen LogP contribution in [0.25, 0.3) is 10.8 Å². The number of rotatable bonds is 12. The van der Waals surface area contributed by atoms with Crippen molar-refractivity contribution in [3.63, 3.8) is 0 Å². The molecule has 0 aliphatic rings. The highest BCUT2D eigenvalue weighted by atomic mass is 16.5. The van der Waals surface area contributed by atoms with Crippen molar-refractivity contribution in [3.8, 4) is 5.75 Å². The van der Waals surface area contributed by atoms with Crippen LogP contribution < -0.4 is 10.1 Å². The molecule has 5 heteroatoms. The first-order valence-electron chi connectivity index (χ1n) is 12.9. The van der Waals surface area contributed by atoms with Gasteiger partial charge in [-0.1, -0.05) is 110 Å². The summed E-state index contributed by atoms with van der Waals surface area (Å²) < 4.78 is 6.06. The van der Waals surface area contributed by atoms with Gasteiger partial charge in [-0.25, -0.2) is 0 Å². The quantitative estimate of drug-likeness (QED) is 0.254. The SMILES string of the molecule is CCCCNC(=O)C(Cc1ccccc1)N(Cc1ccccc1)C(=O)COc1cccc2ccccc12. The molecular formula is C32H34N2O3. The number of benzene rings is 4. The smallest absolute Gasteiger partial charge is 0.261 e. The molecular weight excluding hydrogens is 460 g/mol. The summed E-state index contributed by atoms with van der Waals surface area (Å²) in [6, 6.07) is 32.7. The zero-order valence-corrected chi connectivity index (χ0v) is 21.3. The third-order valence-corrected chi connectivity index (χ3v) is 6.40. The van der Waals surface area contributed by atoms with E-state index >= 15 is 0 Å². The van der Waals surface area contributed by atoms with Crippen LogP contribution in [0.4, 0.5) is 0 Å². The van der Waals surface area contributed by atoms with E-state index in [2.05, 4.69) is 12.2 Å². The van der Waals surface area contributed by atoms with Gasteiger partial charge in [0.25, 0.3) is 5.91 Å². The molecule has 4 aromatic rings. The average molecular weight is 495 g/mol. The molecule has 0 saturated carbocycles. The molecule has 0 spiro atoms. The molecule has 0 bridgehead atoms. The molecule has 0 aliphatic heterocycles. The van der Waals surface area contributed by atoms with Gasteiger partial charge in [-0.15, -0.1) is 0 Å². The van der Waals surface area contributed by atoms with Crippen LogP contribution in [-0.2, 0) is 22.6 Å². The number of amides is 2. The number of nitrogens with one attached hydrogen (secondary N) is 1. The number of carbonyl (C=O) groups excluding carboxylic acids is 2. The Morgan fingerprint density at radius 1 is 0.811 bits per heavy atom. The maximum absolute atomic E-state index is 13.7. The van der Waals surface area contributed by atoms with Gasteiger partial charge >= 0.3 is 0 Å². The monoisotopic (exact) mass is 494 g/mol. The standard InChI is InChI=1S/C32H34N2O3/c1-2-3-21-33-32(36)29(22-25-13-6-4-7-14-25)34(23-26-15-8-5-9-16-26)31(35)24-37-30-20-12-18-27-17-10-11-19-28(27)30/h4-20,29H,2-3,21-24H2,1H3,(H,33,36). The minimum atomic E-state index is -0.664. The summed E-state index contributed by atoms with van der Waals surface area (Å²) in [6.07, 6.45) is 2.29. The maximum atomic E-state index is 13.7. The molecule has 0 radical (unpaired) electrons. The molecule has 0 heterocycles. The van der Waals surface area contributed by atoms with Crippen LogP contribution in [0, 0.1) is 0 Å². The third-order valence-electron chi connectivity index (χ3n) is 6.40. The molecule has 1 atom stereocenters. The van der Waals surface area contributed by atoms with E-state index in [4.69, 9.17) is 4.74 Å². The second-order valence-corrected chi connectivity index (χ2v) is 9.12. The molecule has 4 aromatic carbocycles. The van der Waals surface area contributed by atoms with Crippen molar-refractivity contribution >= 4 is 22.6 Å². The van der Waals surface area contributed by atoms with Crippen molar-refractivity contribution in [1.29, 1.82) is 0 Å². The van der Waals surface area contributed by atoms with Gasteiger partial charge in [0.2, 0.25) is 5.91 Å². The molecule has 0 aromatic heterocycles. The Balaban J connectivity index is 1.61. The number of carbonyl (C=O) groups is 2. The molecule has 0 aliphatic carbocycles. The minimum Gasteiger partial charge on any atom is -0.483 e. The van der Waals surface area contributed by atoms with Gasteiger partial charge in [-0.05, 0) is 29.0 Å². The van der Waals surface area contributed by atoms with E-state index in [1.54, 1.807) is 4.90 Å². The molecule has 0 saturated heterocycles. The van der Waals surface area contributed by atoms with Crippen LogP contribution in [0.15, 0.2) is 103 Å². The van der Waals surface area contributed by atoms with E-state index in [9.17, 15) is 9.59 Å². The first-order chi connectivity index (χ1) is 18.2. The predicted octanol–water partition coefficient (Wildman–Crippen LogP) is 5.78. The largest absolute Gasteiger partial charge is 0.483 e. The number of nitrogens with zero attached hydrogens (tertiary/aromatic N) is 1. The first-order valence-corrected chi connectivity index (χ1v) is 12.9. The number of hydrogen-bond acceptors (Lipinski definition) is 3. The predicted molar refractivity (Wildman–Crippen MR) is 148 cm³/mol. The Morgan fingerprint density at radius 2 is 1.46 bits per heavy atom. The lowest BCUT2D eigenvalue weighted by Crippen LogP contribution is -2.51. The van der Waals surface area contributed by atoms with Crippen LogP contribution in [0.3, 0.4) is 0 Å². The van der Waals surface area contributed by atoms with Crippen LogP contribution in [0.2, 0.25) is 0 Å². The lowest BCUT2D eigenvalue weighted by atomic mass is 10.0. The normalized spacial score (nSPS) is 11.6. The number of ether oxygens (including phenoxy) is 1. The van der Waals surface area contributed by atoms with Gasteiger partial charge in [-0.2, -0.15) is 0 Å². The van der Waals surface area contributed by atoms with Crippen molar-refractivity contribution in [1.82, 2.24) is 10.2 Å². The minimum absolute atomic E-state index is 0.147. The third kappa shape index (κ3) is 7.20. The lowest BCUT2D eigenvalue weighted by Gasteiger charge is -2.31. The Kier molecular flexibility index (Phi) is 9.30. The summed E-state index contributed by atoms with van der Waals surface area (Å²) >= 11 is 0. The molecule has 37 heavy (non-hydrogen) atoms. The summed E-state index contributed by atoms with van der Waals surface area (Å²) in [4.78, 5) is 28.9. The van der Waals surface area contributed by atoms with Crippen molar-refractivity contribution in [3.05, 3.63) is 114 Å². The number of fused-ring (bicyclic) bond motifs is 1. The maximum Gasteiger partial charge on any atom is 0.261 e. The average Bonchev–Trinajstić information content (AvgIpc) is 2.94. The fourth-order valence-electron chi connectivity index (χ4n) is 4.38. The summed E-state index contributed by atoms with van der Waals surface area (Å²) in [7, 11) is 0. The van der Waals surface area contributed by atoms with Crippen molar-refractivity contribution in [2.45, 2.75) is 38.8 Å². The van der Waals surface area contributed by atoms with Crippen molar-refractivity contribution in [2.24, 2.45) is 0 Å². The molecule has 190 valence electrons. The van der Waals surface area contributed by atoms with E-state index < -0.39 is 6.04 Å². The van der Waals surface area contributed by atoms with Gasteiger partial charge in [0.05, 0.1) is 0 Å². The summed E-state index contributed by atoms with van der Waals surface area (Å²) in [5.74, 6) is 0.272. The van der Waals surface area contributed by atoms with Gasteiger partial charge < -0.3 is 15.0 Å². The molecule has 4 rings (SSSR count). The zero-order valence-electron chi connectivity index (χ0n) is 21.3. The Morgan fingerprint density at radius 3 is 2.19 bits per heavy atom. The zero-order chi connectivity index (χ0) is 25.9. The Bertz CT molecular complexity index is 1290. The van der Waals surface area contributed by atoms with Gasteiger partial charge in [0.15, 0.2) is 6.61 Å². The van der Waals surface area contributed by atoms with Crippen LogP contribution >= 0.6 is 0 Å². The molecule has 2 amide bonds. The van der Waals surface area contributed by atoms with Crippen LogP contribution in [0.1, 0.15) is 30.9 Å². The fraction of sp³-hybridized carbons (Fsp3) is 0.250. The van der Waals surface area contributed by atoms with Crippen LogP contribution in [-0.4, -0.2) is 35.9 Å². The topological polar surface area (TPSA) is 58.6 Å². The fourth-order valence-corrected chi connectivity index (χ4v) is 4.38. The Hall–Kier alpha value is -4.12. The molecule has 1 unspecified atom stereocenters. The molecule has 5 nitrogen and oxygen atoms in total. The highest BCUT2D eigenvalue weighted by Crippen LogP contribution is 2.25. The lowest BCUT2D eigenvalue weighted by molar-refractivity contribution is -0.142. The van der Waals surface area contributed by atoms with Crippen molar-refractivity contribution in [2.75, 3.05) is 13.2 Å². The number of unbranched alkanes of at least 4 members (excludes halogenated alkanes) is 1. The second-order valence-electron chi connectivity index (χ2n) is 9.12. The second kappa shape index (κ2) is 13.3. The van der Waals surface area contributed by atoms with Crippen LogP contribution in [0.5, 0.6) is 5.75 Å². The number of hydrogen-bond donors (Lipinski definition) is 1. The van der Waals surface area contributed by atoms with Crippen molar-refractivity contribution < 1.29 is 14.3 Å². The first kappa shape index (κ1) is 26.0. The van der Waals surface area contributed by atoms with E-state index in [0.29, 0.717) is 25.3 Å². The van der Waals surface area contributed by atoms with E-state index in [0.717, 1.165) is 34.7 Å². The van der Waals surface area contributed by atoms with Gasteiger partial charge in [0, 0.05) is 24.9 Å². The van der Waals surface area contributed by atoms with Gasteiger partial charge in [-0.3, -0.25) is 9.59 Å². The summed E-state index contributed by atoms with van der Waals surface area (Å²) in [6.45, 7) is 2.83.